The monoisotopic (exact) mass is 769 g/mol. The zero-order chi connectivity index (χ0) is 39.4. The highest BCUT2D eigenvalue weighted by molar-refractivity contribution is 7.47. The first-order valence-corrected chi connectivity index (χ1v) is 21.1. The average molecular weight is 770 g/mol. The quantitative estimate of drug-likeness (QED) is 0.0137. The van der Waals surface area contributed by atoms with Crippen LogP contribution in [0.15, 0.2) is 48.6 Å². The van der Waals surface area contributed by atoms with Gasteiger partial charge in [0, 0.05) is 19.3 Å². The molecule has 13 heteroatoms. The number of nitrogens with two attached hydrogens (primary N) is 1. The van der Waals surface area contributed by atoms with Crippen LogP contribution in [0.1, 0.15) is 149 Å². The zero-order valence-electron chi connectivity index (χ0n) is 32.3. The molecular weight excluding hydrogens is 701 g/mol. The molecule has 0 aliphatic carbocycles. The molecule has 0 heterocycles. The van der Waals surface area contributed by atoms with Crippen molar-refractivity contribution in [3.05, 3.63) is 48.6 Å². The van der Waals surface area contributed by atoms with Crippen molar-refractivity contribution in [3.8, 4) is 0 Å². The van der Waals surface area contributed by atoms with Gasteiger partial charge in [-0.05, 0) is 44.6 Å². The minimum Gasteiger partial charge on any atom is -0.480 e. The fraction of sp³-hybridized carbons (Fsp3) is 0.700. The molecule has 0 aliphatic heterocycles. The van der Waals surface area contributed by atoms with E-state index in [1.165, 1.54) is 70.3 Å². The van der Waals surface area contributed by atoms with Gasteiger partial charge >= 0.3 is 25.7 Å². The van der Waals surface area contributed by atoms with Crippen molar-refractivity contribution in [2.24, 2.45) is 5.73 Å². The predicted molar refractivity (Wildman–Crippen MR) is 208 cm³/mol. The Kier molecular flexibility index (Phi) is 33.0. The number of carboxylic acids is 1. The molecule has 53 heavy (non-hydrogen) atoms. The van der Waals surface area contributed by atoms with E-state index in [9.17, 15) is 28.6 Å². The molecule has 0 radical (unpaired) electrons. The molecular formula is C40H68NO11P. The molecule has 0 aromatic rings. The molecule has 4 N–H and O–H groups in total. The Morgan fingerprint density at radius 2 is 1.19 bits per heavy atom. The molecule has 0 bridgehead atoms. The summed E-state index contributed by atoms with van der Waals surface area (Å²) in [5.74, 6) is -2.81. The van der Waals surface area contributed by atoms with Crippen molar-refractivity contribution < 1.29 is 52.3 Å². The van der Waals surface area contributed by atoms with Crippen molar-refractivity contribution in [1.82, 2.24) is 0 Å². The van der Waals surface area contributed by atoms with Gasteiger partial charge in [0.25, 0.3) is 0 Å². The van der Waals surface area contributed by atoms with Crippen molar-refractivity contribution in [2.75, 3.05) is 19.8 Å². The summed E-state index contributed by atoms with van der Waals surface area (Å²) in [6, 6.07) is -1.55. The summed E-state index contributed by atoms with van der Waals surface area (Å²) in [6.07, 6.45) is 33.4. The molecule has 0 amide bonds. The predicted octanol–water partition coefficient (Wildman–Crippen LogP) is 9.01. The Labute approximate surface area is 318 Å². The second-order valence-corrected chi connectivity index (χ2v) is 14.6. The van der Waals surface area contributed by atoms with Gasteiger partial charge in [-0.1, -0.05) is 133 Å². The van der Waals surface area contributed by atoms with E-state index in [4.69, 9.17) is 24.8 Å². The van der Waals surface area contributed by atoms with Gasteiger partial charge in [0.2, 0.25) is 0 Å². The van der Waals surface area contributed by atoms with E-state index in [0.29, 0.717) is 6.42 Å². The average Bonchev–Trinajstić information content (AvgIpc) is 3.12. The van der Waals surface area contributed by atoms with Crippen LogP contribution in [0.2, 0.25) is 0 Å². The number of ketones is 1. The number of aliphatic carboxylic acids is 1. The fourth-order valence-electron chi connectivity index (χ4n) is 4.90. The van der Waals surface area contributed by atoms with E-state index in [1.807, 2.05) is 6.08 Å². The topological polar surface area (TPSA) is 189 Å². The molecule has 0 aromatic carbocycles. The minimum atomic E-state index is -4.76. The van der Waals surface area contributed by atoms with E-state index < -0.39 is 57.7 Å². The van der Waals surface area contributed by atoms with Crippen LogP contribution >= 0.6 is 7.82 Å². The highest BCUT2D eigenvalue weighted by atomic mass is 31.2. The third kappa shape index (κ3) is 34.6. The number of phosphoric ester groups is 1. The number of carbonyl (C=O) groups excluding carboxylic acids is 3. The lowest BCUT2D eigenvalue weighted by atomic mass is 10.1. The summed E-state index contributed by atoms with van der Waals surface area (Å²) < 4.78 is 32.3. The van der Waals surface area contributed by atoms with E-state index in [0.717, 1.165) is 38.5 Å². The summed E-state index contributed by atoms with van der Waals surface area (Å²) in [5.41, 5.74) is 5.30. The lowest BCUT2D eigenvalue weighted by molar-refractivity contribution is -0.161. The van der Waals surface area contributed by atoms with Gasteiger partial charge < -0.3 is 25.2 Å². The Bertz CT molecular complexity index is 1150. The van der Waals surface area contributed by atoms with Crippen molar-refractivity contribution in [1.29, 1.82) is 0 Å². The van der Waals surface area contributed by atoms with Gasteiger partial charge in [-0.3, -0.25) is 28.2 Å². The smallest absolute Gasteiger partial charge is 0.472 e. The van der Waals surface area contributed by atoms with Crippen LogP contribution < -0.4 is 5.73 Å². The molecule has 0 saturated carbocycles. The number of esters is 2. The molecule has 0 rings (SSSR count). The molecule has 3 atom stereocenters. The lowest BCUT2D eigenvalue weighted by Crippen LogP contribution is -2.34. The van der Waals surface area contributed by atoms with Crippen molar-refractivity contribution in [2.45, 2.75) is 161 Å². The second-order valence-electron chi connectivity index (χ2n) is 13.1. The van der Waals surface area contributed by atoms with Gasteiger partial charge in [-0.2, -0.15) is 0 Å². The molecule has 304 valence electrons. The molecule has 1 unspecified atom stereocenters. The zero-order valence-corrected chi connectivity index (χ0v) is 33.2. The van der Waals surface area contributed by atoms with Crippen LogP contribution in [0.25, 0.3) is 0 Å². The number of ether oxygens (including phenoxy) is 2. The number of hydrogen-bond donors (Lipinski definition) is 3. The molecule has 0 spiro atoms. The van der Waals surface area contributed by atoms with Gasteiger partial charge in [-0.25, -0.2) is 4.57 Å². The maximum atomic E-state index is 12.5. The number of carboxylic acid groups (broad SMARTS) is 1. The first-order valence-electron chi connectivity index (χ1n) is 19.6. The lowest BCUT2D eigenvalue weighted by Gasteiger charge is -2.20. The van der Waals surface area contributed by atoms with E-state index >= 15 is 0 Å². The van der Waals surface area contributed by atoms with Crippen LogP contribution in [0.5, 0.6) is 0 Å². The van der Waals surface area contributed by atoms with Crippen molar-refractivity contribution in [3.63, 3.8) is 0 Å². The Morgan fingerprint density at radius 1 is 0.642 bits per heavy atom. The SMILES string of the molecule is CCCCC/C=C\C/C=C\C/C=C\C=C\C(=O)CCCC(=O)OC[C@H](COP(=O)(O)OC[C@H](N)C(=O)O)OC(=O)CCCCCCCCCCCCC. The third-order valence-corrected chi connectivity index (χ3v) is 9.01. The third-order valence-electron chi connectivity index (χ3n) is 8.06. The maximum Gasteiger partial charge on any atom is 0.472 e. The maximum absolute atomic E-state index is 12.5. The Balaban J connectivity index is 4.62. The standard InChI is InChI=1S/C40H68NO11P/c1-3-5-7-9-11-13-15-16-18-19-21-23-25-28-35(42)29-27-31-38(43)49-32-36(33-50-53(47,48)51-34-37(41)40(45)46)52-39(44)30-26-24-22-20-17-14-12-10-8-6-4-2/h11,13,16,18,21,23,25,28,36-37H,3-10,12,14-15,17,19-20,22,24,26-27,29-34,41H2,1-2H3,(H,45,46)(H,47,48)/b13-11-,18-16-,23-21-,28-25+/t36-,37+/m1/s1. The fourth-order valence-corrected chi connectivity index (χ4v) is 5.68. The molecule has 0 aromatic heterocycles. The Hall–Kier alpha value is -2.89. The van der Waals surface area contributed by atoms with Crippen LogP contribution in [0.4, 0.5) is 0 Å². The molecule has 12 nitrogen and oxygen atoms in total. The largest absolute Gasteiger partial charge is 0.480 e. The van der Waals surface area contributed by atoms with Crippen LogP contribution in [-0.2, 0) is 42.3 Å². The van der Waals surface area contributed by atoms with Crippen LogP contribution in [-0.4, -0.2) is 65.7 Å². The van der Waals surface area contributed by atoms with E-state index in [1.54, 1.807) is 12.2 Å². The highest BCUT2D eigenvalue weighted by Gasteiger charge is 2.28. The summed E-state index contributed by atoms with van der Waals surface area (Å²) in [7, 11) is -4.76. The second kappa shape index (κ2) is 34.9. The van der Waals surface area contributed by atoms with Gasteiger partial charge in [-0.15, -0.1) is 0 Å². The van der Waals surface area contributed by atoms with Crippen molar-refractivity contribution >= 4 is 31.5 Å². The minimum absolute atomic E-state index is 0.0673. The molecule has 0 fully saturated rings. The number of allylic oxidation sites excluding steroid dienone is 8. The van der Waals surface area contributed by atoms with Crippen LogP contribution in [0, 0.1) is 0 Å². The molecule has 0 saturated heterocycles. The summed E-state index contributed by atoms with van der Waals surface area (Å²) in [4.78, 5) is 57.9. The highest BCUT2D eigenvalue weighted by Crippen LogP contribution is 2.43. The molecule has 0 aliphatic rings. The normalized spacial score (nSPS) is 14.3. The van der Waals surface area contributed by atoms with Gasteiger partial charge in [0.1, 0.15) is 12.6 Å². The number of carbonyl (C=O) groups is 4. The summed E-state index contributed by atoms with van der Waals surface area (Å²) in [5, 5.41) is 8.85. The first-order chi connectivity index (χ1) is 25.5. The summed E-state index contributed by atoms with van der Waals surface area (Å²) in [6.45, 7) is 2.49. The van der Waals surface area contributed by atoms with E-state index in [2.05, 4.69) is 42.7 Å². The first kappa shape index (κ1) is 50.1. The Morgan fingerprint density at radius 3 is 1.83 bits per heavy atom. The number of phosphoric acid groups is 1. The van der Waals surface area contributed by atoms with Gasteiger partial charge in [0.05, 0.1) is 13.2 Å². The van der Waals surface area contributed by atoms with Gasteiger partial charge in [0.15, 0.2) is 11.9 Å². The van der Waals surface area contributed by atoms with E-state index in [-0.39, 0.29) is 31.5 Å². The summed E-state index contributed by atoms with van der Waals surface area (Å²) >= 11 is 0. The van der Waals surface area contributed by atoms with Crippen LogP contribution in [0.3, 0.4) is 0 Å². The number of unbranched alkanes of at least 4 members (excludes halogenated alkanes) is 13. The number of rotatable bonds is 36. The number of hydrogen-bond acceptors (Lipinski definition) is 10.